The van der Waals surface area contributed by atoms with Crippen LogP contribution in [0.5, 0.6) is 5.75 Å². The van der Waals surface area contributed by atoms with Gasteiger partial charge in [-0.3, -0.25) is 19.8 Å². The number of imidazole rings is 1. The Morgan fingerprint density at radius 2 is 2.03 bits per heavy atom. The molecule has 4 rings (SSSR count). The van der Waals surface area contributed by atoms with Crippen LogP contribution in [-0.2, 0) is 7.05 Å². The molecule has 2 N–H and O–H groups in total. The molecule has 2 aromatic heterocycles. The number of ether oxygens (including phenoxy) is 1. The van der Waals surface area contributed by atoms with Gasteiger partial charge in [0.05, 0.1) is 29.4 Å². The molecule has 10 nitrogen and oxygen atoms in total. The van der Waals surface area contributed by atoms with Gasteiger partial charge in [-0.25, -0.2) is 9.97 Å². The maximum absolute atomic E-state index is 13.4. The number of hydrogen-bond donors (Lipinski definition) is 2. The number of anilines is 1. The van der Waals surface area contributed by atoms with Crippen LogP contribution in [0.25, 0.3) is 0 Å². The van der Waals surface area contributed by atoms with Crippen molar-refractivity contribution in [2.45, 2.75) is 22.3 Å². The molecule has 1 aromatic carbocycles. The Kier molecular flexibility index (Phi) is 8.09. The van der Waals surface area contributed by atoms with Gasteiger partial charge in [-0.2, -0.15) is 0 Å². The first-order valence-corrected chi connectivity index (χ1v) is 12.9. The zero-order valence-electron chi connectivity index (χ0n) is 20.3. The zero-order valence-corrected chi connectivity index (χ0v) is 21.9. The number of methoxy groups -OCH3 is 1. The second kappa shape index (κ2) is 11.2. The van der Waals surface area contributed by atoms with E-state index in [4.69, 9.17) is 4.74 Å². The quantitative estimate of drug-likeness (QED) is 0.429. The Bertz CT molecular complexity index is 1270. The van der Waals surface area contributed by atoms with E-state index >= 15 is 0 Å². The molecule has 0 spiro atoms. The number of amides is 2. The predicted octanol–water partition coefficient (Wildman–Crippen LogP) is 2.86. The molecule has 190 valence electrons. The summed E-state index contributed by atoms with van der Waals surface area (Å²) in [5, 5.41) is 13.2. The van der Waals surface area contributed by atoms with Gasteiger partial charge in [0.15, 0.2) is 5.13 Å². The Morgan fingerprint density at radius 3 is 2.67 bits per heavy atom. The highest BCUT2D eigenvalue weighted by atomic mass is 32.2. The van der Waals surface area contributed by atoms with E-state index in [-0.39, 0.29) is 11.8 Å². The highest BCUT2D eigenvalue weighted by Gasteiger charge is 2.27. The summed E-state index contributed by atoms with van der Waals surface area (Å²) in [6.45, 7) is 7.69. The van der Waals surface area contributed by atoms with Gasteiger partial charge in [-0.05, 0) is 30.7 Å². The molecule has 0 saturated carbocycles. The van der Waals surface area contributed by atoms with Crippen molar-refractivity contribution in [3.63, 3.8) is 0 Å². The van der Waals surface area contributed by atoms with Gasteiger partial charge in [0.1, 0.15) is 17.7 Å². The first kappa shape index (κ1) is 25.9. The molecular formula is C24H28N6O4S2. The monoisotopic (exact) mass is 528 g/mol. The molecule has 1 unspecified atom stereocenters. The number of hydrogen-bond acceptors (Lipinski definition) is 9. The number of piperazine rings is 1. The van der Waals surface area contributed by atoms with Gasteiger partial charge in [0, 0.05) is 44.3 Å². The van der Waals surface area contributed by atoms with E-state index in [2.05, 4.69) is 21.9 Å². The number of aliphatic hydroxyl groups is 1. The van der Waals surface area contributed by atoms with Gasteiger partial charge in [0.25, 0.3) is 11.8 Å². The number of thiazole rings is 1. The van der Waals surface area contributed by atoms with Crippen LogP contribution < -0.4 is 10.1 Å². The number of nitrogens with one attached hydrogen (secondary N) is 1. The molecule has 1 aliphatic rings. The number of carbonyl (C=O) groups excluding carboxylic acids is 2. The fourth-order valence-electron chi connectivity index (χ4n) is 3.78. The van der Waals surface area contributed by atoms with Crippen molar-refractivity contribution < 1.29 is 19.4 Å². The highest BCUT2D eigenvalue weighted by Crippen LogP contribution is 2.38. The van der Waals surface area contributed by atoms with Crippen molar-refractivity contribution in [2.75, 3.05) is 38.6 Å². The number of aliphatic hydroxyl groups excluding tert-OH is 1. The molecule has 0 aliphatic carbocycles. The topological polar surface area (TPSA) is 113 Å². The van der Waals surface area contributed by atoms with Crippen molar-refractivity contribution in [1.82, 2.24) is 24.3 Å². The Hall–Kier alpha value is -3.19. The molecule has 3 heterocycles. The number of rotatable bonds is 8. The smallest absolute Gasteiger partial charge is 0.277 e. The Balaban J connectivity index is 1.47. The van der Waals surface area contributed by atoms with Gasteiger partial charge in [0.2, 0.25) is 0 Å². The van der Waals surface area contributed by atoms with Crippen LogP contribution in [-0.4, -0.2) is 80.8 Å². The van der Waals surface area contributed by atoms with E-state index in [0.717, 1.165) is 14.7 Å². The molecule has 1 fully saturated rings. The Morgan fingerprint density at radius 1 is 1.28 bits per heavy atom. The summed E-state index contributed by atoms with van der Waals surface area (Å²) in [6, 6.07) is 3.70. The molecule has 36 heavy (non-hydrogen) atoms. The molecule has 0 bridgehead atoms. The molecule has 1 saturated heterocycles. The molecule has 0 radical (unpaired) electrons. The standard InChI is InChI=1S/C24H28N6O4S2/c1-5-20(31)29-6-8-30(9-7-29)23(33)16-11-19(15(2)10-18(16)34-4)35-21-12-25-24(36-21)27-22(32)17-13-28(3)14-26-17/h5,10-14,20,31H,1,6-9H2,2-4H3,(H,25,27,32). The summed E-state index contributed by atoms with van der Waals surface area (Å²) < 4.78 is 8.09. The van der Waals surface area contributed by atoms with Crippen molar-refractivity contribution in [3.8, 4) is 5.75 Å². The van der Waals surface area contributed by atoms with Crippen LogP contribution in [0.3, 0.4) is 0 Å². The minimum atomic E-state index is -0.711. The fourth-order valence-corrected chi connectivity index (χ4v) is 5.72. The van der Waals surface area contributed by atoms with E-state index in [1.54, 1.807) is 42.3 Å². The number of aromatic nitrogens is 3. The first-order valence-electron chi connectivity index (χ1n) is 11.2. The number of nitrogens with zero attached hydrogens (tertiary/aromatic N) is 5. The average molecular weight is 529 g/mol. The molecular weight excluding hydrogens is 500 g/mol. The summed E-state index contributed by atoms with van der Waals surface area (Å²) in [5.41, 5.74) is 1.76. The van der Waals surface area contributed by atoms with Crippen molar-refractivity contribution >= 4 is 40.0 Å². The van der Waals surface area contributed by atoms with Crippen LogP contribution in [0.1, 0.15) is 26.4 Å². The molecule has 12 heteroatoms. The van der Waals surface area contributed by atoms with Crippen molar-refractivity contribution in [1.29, 1.82) is 0 Å². The SMILES string of the molecule is C=CC(O)N1CCN(C(=O)c2cc(Sc3cnc(NC(=O)c4cn(C)cn4)s3)c(C)cc2OC)CC1. The predicted molar refractivity (Wildman–Crippen MR) is 139 cm³/mol. The first-order chi connectivity index (χ1) is 17.3. The van der Waals surface area contributed by atoms with E-state index in [1.807, 2.05) is 24.0 Å². The third-order valence-corrected chi connectivity index (χ3v) is 7.94. The number of aryl methyl sites for hydroxylation is 2. The molecule has 1 atom stereocenters. The third kappa shape index (κ3) is 5.78. The van der Waals surface area contributed by atoms with E-state index < -0.39 is 6.23 Å². The number of benzene rings is 1. The van der Waals surface area contributed by atoms with Gasteiger partial charge in [-0.1, -0.05) is 29.7 Å². The third-order valence-electron chi connectivity index (χ3n) is 5.77. The summed E-state index contributed by atoms with van der Waals surface area (Å²) in [5.74, 6) is 0.0767. The minimum Gasteiger partial charge on any atom is -0.496 e. The maximum Gasteiger partial charge on any atom is 0.277 e. The van der Waals surface area contributed by atoms with Crippen LogP contribution in [0.2, 0.25) is 0 Å². The van der Waals surface area contributed by atoms with E-state index in [0.29, 0.717) is 48.3 Å². The summed E-state index contributed by atoms with van der Waals surface area (Å²) in [4.78, 5) is 38.6. The fraction of sp³-hybridized carbons (Fsp3) is 0.333. The normalized spacial score (nSPS) is 14.9. The number of carbonyl (C=O) groups is 2. The maximum atomic E-state index is 13.4. The van der Waals surface area contributed by atoms with Crippen LogP contribution in [0.15, 0.2) is 52.6 Å². The van der Waals surface area contributed by atoms with Gasteiger partial charge < -0.3 is 19.3 Å². The summed E-state index contributed by atoms with van der Waals surface area (Å²) >= 11 is 2.82. The van der Waals surface area contributed by atoms with Crippen LogP contribution in [0, 0.1) is 6.92 Å². The largest absolute Gasteiger partial charge is 0.496 e. The van der Waals surface area contributed by atoms with Gasteiger partial charge >= 0.3 is 0 Å². The Labute approximate surface area is 217 Å². The zero-order chi connectivity index (χ0) is 25.8. The lowest BCUT2D eigenvalue weighted by Gasteiger charge is -2.36. The molecule has 2 amide bonds. The van der Waals surface area contributed by atoms with Crippen molar-refractivity contribution in [3.05, 3.63) is 60.3 Å². The lowest BCUT2D eigenvalue weighted by molar-refractivity contribution is 0.00665. The van der Waals surface area contributed by atoms with Gasteiger partial charge in [-0.15, -0.1) is 0 Å². The van der Waals surface area contributed by atoms with E-state index in [9.17, 15) is 14.7 Å². The van der Waals surface area contributed by atoms with Crippen LogP contribution in [0.4, 0.5) is 5.13 Å². The van der Waals surface area contributed by atoms with Crippen molar-refractivity contribution in [2.24, 2.45) is 7.05 Å². The lowest BCUT2D eigenvalue weighted by atomic mass is 10.1. The molecule has 3 aromatic rings. The highest BCUT2D eigenvalue weighted by molar-refractivity contribution is 8.01. The second-order valence-electron chi connectivity index (χ2n) is 8.26. The summed E-state index contributed by atoms with van der Waals surface area (Å²) in [7, 11) is 3.35. The second-order valence-corrected chi connectivity index (χ2v) is 10.6. The molecule has 1 aliphatic heterocycles. The van der Waals surface area contributed by atoms with E-state index in [1.165, 1.54) is 29.2 Å². The lowest BCUT2D eigenvalue weighted by Crippen LogP contribution is -2.51. The average Bonchev–Trinajstić information content (AvgIpc) is 3.52. The minimum absolute atomic E-state index is 0.117. The van der Waals surface area contributed by atoms with Crippen LogP contribution >= 0.6 is 23.1 Å². The summed E-state index contributed by atoms with van der Waals surface area (Å²) in [6.07, 6.45) is 5.67.